The Morgan fingerprint density at radius 3 is 3.00 bits per heavy atom. The van der Waals surface area contributed by atoms with Crippen LogP contribution in [0.2, 0.25) is 0 Å². The molecule has 0 amide bonds. The van der Waals surface area contributed by atoms with E-state index >= 15 is 0 Å². The largest absolute Gasteiger partial charge is 0.371 e. The lowest BCUT2D eigenvalue weighted by Gasteiger charge is -2.37. The number of fused-ring (bicyclic) bond motifs is 1. The minimum absolute atomic E-state index is 0.868. The van der Waals surface area contributed by atoms with E-state index in [1.54, 1.807) is 5.56 Å². The molecule has 2 heterocycles. The van der Waals surface area contributed by atoms with Crippen LogP contribution in [0.15, 0.2) is 18.2 Å². The molecular formula is C14H20N2. The summed E-state index contributed by atoms with van der Waals surface area (Å²) in [5.74, 6) is 0.868. The van der Waals surface area contributed by atoms with Crippen LogP contribution in [0.4, 0.5) is 5.69 Å². The molecule has 86 valence electrons. The molecule has 2 nitrogen and oxygen atoms in total. The molecule has 1 aromatic carbocycles. The molecule has 0 saturated carbocycles. The number of hydrogen-bond acceptors (Lipinski definition) is 2. The molecule has 1 fully saturated rings. The summed E-state index contributed by atoms with van der Waals surface area (Å²) in [6.45, 7) is 7.08. The van der Waals surface area contributed by atoms with Crippen LogP contribution in [0.5, 0.6) is 0 Å². The molecule has 1 aromatic rings. The molecule has 0 radical (unpaired) electrons. The van der Waals surface area contributed by atoms with E-state index in [2.05, 4.69) is 35.3 Å². The van der Waals surface area contributed by atoms with Gasteiger partial charge in [0.25, 0.3) is 0 Å². The Balaban J connectivity index is 1.81. The van der Waals surface area contributed by atoms with Crippen molar-refractivity contribution in [2.45, 2.75) is 19.8 Å². The first-order valence-corrected chi connectivity index (χ1v) is 6.38. The van der Waals surface area contributed by atoms with Crippen molar-refractivity contribution in [3.63, 3.8) is 0 Å². The van der Waals surface area contributed by atoms with E-state index in [4.69, 9.17) is 0 Å². The van der Waals surface area contributed by atoms with Gasteiger partial charge in [0.2, 0.25) is 0 Å². The molecule has 1 N–H and O–H groups in total. The van der Waals surface area contributed by atoms with Crippen molar-refractivity contribution in [2.24, 2.45) is 5.92 Å². The minimum atomic E-state index is 0.868. The molecule has 0 aromatic heterocycles. The summed E-state index contributed by atoms with van der Waals surface area (Å²) < 4.78 is 0. The average Bonchev–Trinajstić information content (AvgIpc) is 2.23. The van der Waals surface area contributed by atoms with Gasteiger partial charge >= 0.3 is 0 Å². The maximum atomic E-state index is 3.36. The van der Waals surface area contributed by atoms with Crippen molar-refractivity contribution in [2.75, 3.05) is 31.1 Å². The normalized spacial score (nSPS) is 20.4. The van der Waals surface area contributed by atoms with Crippen molar-refractivity contribution >= 4 is 5.69 Å². The Kier molecular flexibility index (Phi) is 2.60. The number of anilines is 1. The van der Waals surface area contributed by atoms with Gasteiger partial charge in [0, 0.05) is 37.8 Å². The van der Waals surface area contributed by atoms with Crippen LogP contribution in [0.3, 0.4) is 0 Å². The third-order valence-electron chi connectivity index (χ3n) is 3.79. The van der Waals surface area contributed by atoms with Gasteiger partial charge in [-0.15, -0.1) is 0 Å². The maximum Gasteiger partial charge on any atom is 0.0399 e. The average molecular weight is 216 g/mol. The van der Waals surface area contributed by atoms with Gasteiger partial charge in [0.05, 0.1) is 0 Å². The highest BCUT2D eigenvalue weighted by molar-refractivity contribution is 5.56. The maximum absolute atomic E-state index is 3.36. The summed E-state index contributed by atoms with van der Waals surface area (Å²) in [4.78, 5) is 2.59. The van der Waals surface area contributed by atoms with E-state index in [1.807, 2.05) is 0 Å². The summed E-state index contributed by atoms with van der Waals surface area (Å²) in [5.41, 5.74) is 4.44. The second kappa shape index (κ2) is 4.10. The van der Waals surface area contributed by atoms with Crippen molar-refractivity contribution in [1.29, 1.82) is 0 Å². The summed E-state index contributed by atoms with van der Waals surface area (Å²) in [6.07, 6.45) is 2.58. The number of hydrogen-bond donors (Lipinski definition) is 1. The Morgan fingerprint density at radius 1 is 1.38 bits per heavy atom. The Hall–Kier alpha value is -1.02. The molecule has 3 rings (SSSR count). The number of benzene rings is 1. The molecule has 1 saturated heterocycles. The number of aryl methyl sites for hydroxylation is 2. The van der Waals surface area contributed by atoms with Crippen molar-refractivity contribution in [1.82, 2.24) is 5.32 Å². The Bertz CT molecular complexity index is 382. The molecule has 0 atom stereocenters. The molecule has 0 unspecified atom stereocenters. The molecule has 0 bridgehead atoms. The zero-order chi connectivity index (χ0) is 11.0. The third-order valence-corrected chi connectivity index (χ3v) is 3.79. The van der Waals surface area contributed by atoms with Crippen molar-refractivity contribution < 1.29 is 0 Å². The van der Waals surface area contributed by atoms with Crippen LogP contribution < -0.4 is 10.2 Å². The fourth-order valence-electron chi connectivity index (χ4n) is 2.78. The first-order chi connectivity index (χ1) is 7.83. The van der Waals surface area contributed by atoms with Gasteiger partial charge in [0.1, 0.15) is 0 Å². The van der Waals surface area contributed by atoms with Crippen LogP contribution in [-0.2, 0) is 6.42 Å². The molecule has 16 heavy (non-hydrogen) atoms. The third kappa shape index (κ3) is 1.82. The van der Waals surface area contributed by atoms with Gasteiger partial charge < -0.3 is 10.2 Å². The molecule has 2 aliphatic heterocycles. The SMILES string of the molecule is Cc1ccc2c(c1)CCCN2CC1CNC1. The highest BCUT2D eigenvalue weighted by Crippen LogP contribution is 2.28. The summed E-state index contributed by atoms with van der Waals surface area (Å²) >= 11 is 0. The highest BCUT2D eigenvalue weighted by Gasteiger charge is 2.23. The molecule has 0 aliphatic carbocycles. The number of nitrogens with one attached hydrogen (secondary N) is 1. The van der Waals surface area contributed by atoms with E-state index in [0.717, 1.165) is 5.92 Å². The topological polar surface area (TPSA) is 15.3 Å². The minimum Gasteiger partial charge on any atom is -0.371 e. The second-order valence-electron chi connectivity index (χ2n) is 5.21. The summed E-state index contributed by atoms with van der Waals surface area (Å²) in [7, 11) is 0. The lowest BCUT2D eigenvalue weighted by Crippen LogP contribution is -2.49. The van der Waals surface area contributed by atoms with Crippen molar-refractivity contribution in [3.8, 4) is 0 Å². The van der Waals surface area contributed by atoms with Crippen LogP contribution in [0, 0.1) is 12.8 Å². The van der Waals surface area contributed by atoms with E-state index in [1.165, 1.54) is 50.3 Å². The zero-order valence-electron chi connectivity index (χ0n) is 10.00. The lowest BCUT2D eigenvalue weighted by molar-refractivity contribution is 0.346. The molecule has 0 spiro atoms. The quantitative estimate of drug-likeness (QED) is 0.813. The molecular weight excluding hydrogens is 196 g/mol. The highest BCUT2D eigenvalue weighted by atomic mass is 15.2. The molecule has 2 aliphatic rings. The molecule has 2 heteroatoms. The van der Waals surface area contributed by atoms with Crippen LogP contribution in [-0.4, -0.2) is 26.2 Å². The Labute approximate surface area is 97.6 Å². The van der Waals surface area contributed by atoms with Gasteiger partial charge in [-0.25, -0.2) is 0 Å². The van der Waals surface area contributed by atoms with Gasteiger partial charge in [-0.05, 0) is 31.4 Å². The monoisotopic (exact) mass is 216 g/mol. The standard InChI is InChI=1S/C14H20N2/c1-11-4-5-14-13(7-11)3-2-6-16(14)10-12-8-15-9-12/h4-5,7,12,15H,2-3,6,8-10H2,1H3. The zero-order valence-corrected chi connectivity index (χ0v) is 10.00. The van der Waals surface area contributed by atoms with Gasteiger partial charge in [-0.2, -0.15) is 0 Å². The van der Waals surface area contributed by atoms with Gasteiger partial charge in [0.15, 0.2) is 0 Å². The van der Waals surface area contributed by atoms with Crippen LogP contribution >= 0.6 is 0 Å². The van der Waals surface area contributed by atoms with E-state index in [9.17, 15) is 0 Å². The fourth-order valence-corrected chi connectivity index (χ4v) is 2.78. The van der Waals surface area contributed by atoms with Crippen molar-refractivity contribution in [3.05, 3.63) is 29.3 Å². The number of nitrogens with zero attached hydrogens (tertiary/aromatic N) is 1. The van der Waals surface area contributed by atoms with Crippen LogP contribution in [0.25, 0.3) is 0 Å². The predicted molar refractivity (Wildman–Crippen MR) is 68.1 cm³/mol. The van der Waals surface area contributed by atoms with Gasteiger partial charge in [-0.3, -0.25) is 0 Å². The summed E-state index contributed by atoms with van der Waals surface area (Å²) in [5, 5.41) is 3.36. The first kappa shape index (κ1) is 10.2. The summed E-state index contributed by atoms with van der Waals surface area (Å²) in [6, 6.07) is 6.92. The number of rotatable bonds is 2. The fraction of sp³-hybridized carbons (Fsp3) is 0.571. The smallest absolute Gasteiger partial charge is 0.0399 e. The lowest BCUT2D eigenvalue weighted by atomic mass is 9.96. The predicted octanol–water partition coefficient (Wildman–Crippen LogP) is 1.97. The Morgan fingerprint density at radius 2 is 2.25 bits per heavy atom. The van der Waals surface area contributed by atoms with E-state index in [-0.39, 0.29) is 0 Å². The van der Waals surface area contributed by atoms with Gasteiger partial charge in [-0.1, -0.05) is 17.7 Å². The van der Waals surface area contributed by atoms with E-state index < -0.39 is 0 Å². The van der Waals surface area contributed by atoms with Crippen LogP contribution in [0.1, 0.15) is 17.5 Å². The van der Waals surface area contributed by atoms with E-state index in [0.29, 0.717) is 0 Å². The first-order valence-electron chi connectivity index (χ1n) is 6.38. The second-order valence-corrected chi connectivity index (χ2v) is 5.21.